The topological polar surface area (TPSA) is 98.2 Å². The molecule has 0 N–H and O–H groups in total. The first-order chi connectivity index (χ1) is 15.4. The number of sulfonamides is 1. The third-order valence-corrected chi connectivity index (χ3v) is 8.54. The number of nitrogens with zero attached hydrogens (tertiary/aromatic N) is 3. The van der Waals surface area contributed by atoms with Gasteiger partial charge in [0, 0.05) is 45.1 Å². The predicted octanol–water partition coefficient (Wildman–Crippen LogP) is 1.15. The molecule has 10 heteroatoms. The number of pyridine rings is 1. The van der Waals surface area contributed by atoms with Crippen LogP contribution < -0.4 is 5.56 Å². The molecule has 4 heterocycles. The Morgan fingerprint density at radius 2 is 1.66 bits per heavy atom. The van der Waals surface area contributed by atoms with Gasteiger partial charge in [0.05, 0.1) is 23.6 Å². The van der Waals surface area contributed by atoms with E-state index >= 15 is 0 Å². The van der Waals surface area contributed by atoms with E-state index in [0.717, 1.165) is 12.8 Å². The molecule has 1 aromatic heterocycles. The smallest absolute Gasteiger partial charge is 0.251 e. The van der Waals surface area contributed by atoms with Gasteiger partial charge in [0.15, 0.2) is 5.79 Å². The monoisotopic (exact) mass is 461 g/mol. The maximum atomic E-state index is 12.9. The zero-order valence-corrected chi connectivity index (χ0v) is 18.7. The second kappa shape index (κ2) is 8.26. The van der Waals surface area contributed by atoms with Crippen molar-refractivity contribution in [3.8, 4) is 0 Å². The number of amides is 1. The fraction of sp³-hybridized carbons (Fsp3) is 0.545. The van der Waals surface area contributed by atoms with Crippen molar-refractivity contribution in [2.45, 2.75) is 42.9 Å². The first kappa shape index (κ1) is 21.6. The van der Waals surface area contributed by atoms with E-state index in [1.807, 2.05) is 0 Å². The summed E-state index contributed by atoms with van der Waals surface area (Å²) in [4.78, 5) is 27.5. The van der Waals surface area contributed by atoms with Gasteiger partial charge < -0.3 is 14.4 Å². The highest BCUT2D eigenvalue weighted by Gasteiger charge is 2.40. The second-order valence-corrected chi connectivity index (χ2v) is 10.5. The Labute approximate surface area is 186 Å². The number of ether oxygens (including phenoxy) is 2. The minimum atomic E-state index is -3.56. The normalized spacial score (nSPS) is 21.6. The van der Waals surface area contributed by atoms with E-state index < -0.39 is 15.8 Å². The number of carbonyl (C=O) groups is 1. The molecule has 5 rings (SSSR count). The minimum absolute atomic E-state index is 0.0941. The lowest BCUT2D eigenvalue weighted by Crippen LogP contribution is -2.48. The third-order valence-electron chi connectivity index (χ3n) is 6.65. The summed E-state index contributed by atoms with van der Waals surface area (Å²) >= 11 is 0. The molecule has 0 radical (unpaired) electrons. The van der Waals surface area contributed by atoms with Crippen LogP contribution in [-0.2, 0) is 30.8 Å². The van der Waals surface area contributed by atoms with Crippen LogP contribution in [0.15, 0.2) is 40.0 Å². The van der Waals surface area contributed by atoms with Crippen LogP contribution in [0.4, 0.5) is 0 Å². The first-order valence-corrected chi connectivity index (χ1v) is 12.5. The van der Waals surface area contributed by atoms with E-state index in [0.29, 0.717) is 63.1 Å². The second-order valence-electron chi connectivity index (χ2n) is 8.58. The number of benzene rings is 1. The van der Waals surface area contributed by atoms with Crippen LogP contribution in [0.1, 0.15) is 25.7 Å². The van der Waals surface area contributed by atoms with Crippen molar-refractivity contribution in [2.24, 2.45) is 0 Å². The summed E-state index contributed by atoms with van der Waals surface area (Å²) in [7, 11) is -3.56. The van der Waals surface area contributed by atoms with E-state index in [2.05, 4.69) is 0 Å². The number of fused-ring (bicyclic) bond motifs is 1. The Balaban J connectivity index is 1.37. The summed E-state index contributed by atoms with van der Waals surface area (Å²) in [6.07, 6.45) is 2.95. The molecule has 3 aliphatic heterocycles. The maximum absolute atomic E-state index is 12.9. The molecule has 1 aromatic carbocycles. The van der Waals surface area contributed by atoms with Crippen molar-refractivity contribution in [1.29, 1.82) is 0 Å². The standard InChI is InChI=1S/C22H27N3O6S/c26-20-6-3-17-15-18(32(28,29)24-9-1-2-10-24)4-5-19(17)25(20)16-21(27)23-11-7-22(8-12-23)30-13-14-31-22/h3-6,15H,1-2,7-14,16H2. The molecule has 1 spiro atoms. The van der Waals surface area contributed by atoms with Gasteiger partial charge >= 0.3 is 0 Å². The third kappa shape index (κ3) is 3.85. The Morgan fingerprint density at radius 3 is 2.34 bits per heavy atom. The lowest BCUT2D eigenvalue weighted by Gasteiger charge is -2.37. The zero-order valence-electron chi connectivity index (χ0n) is 17.9. The number of aromatic nitrogens is 1. The summed E-state index contributed by atoms with van der Waals surface area (Å²) < 4.78 is 40.1. The Morgan fingerprint density at radius 1 is 0.969 bits per heavy atom. The van der Waals surface area contributed by atoms with Gasteiger partial charge in [-0.3, -0.25) is 14.2 Å². The first-order valence-electron chi connectivity index (χ1n) is 11.1. The summed E-state index contributed by atoms with van der Waals surface area (Å²) in [5.41, 5.74) is 0.249. The molecule has 0 aliphatic carbocycles. The van der Waals surface area contributed by atoms with Crippen LogP contribution in [0.3, 0.4) is 0 Å². The van der Waals surface area contributed by atoms with Gasteiger partial charge in [-0.15, -0.1) is 0 Å². The number of likely N-dealkylation sites (tertiary alicyclic amines) is 1. The molecule has 172 valence electrons. The number of hydrogen-bond donors (Lipinski definition) is 0. The molecular weight excluding hydrogens is 434 g/mol. The van der Waals surface area contributed by atoms with Crippen molar-refractivity contribution >= 4 is 26.8 Å². The fourth-order valence-electron chi connectivity index (χ4n) is 4.80. The van der Waals surface area contributed by atoms with Crippen LogP contribution >= 0.6 is 0 Å². The number of hydrogen-bond acceptors (Lipinski definition) is 6. The minimum Gasteiger partial charge on any atom is -0.347 e. The van der Waals surface area contributed by atoms with Gasteiger partial charge in [0.2, 0.25) is 15.9 Å². The van der Waals surface area contributed by atoms with Crippen LogP contribution in [0.25, 0.3) is 10.9 Å². The Kier molecular flexibility index (Phi) is 5.56. The number of carbonyl (C=O) groups excluding carboxylic acids is 1. The number of piperidine rings is 1. The molecule has 3 fully saturated rings. The SMILES string of the molecule is O=C(Cn1c(=O)ccc2cc(S(=O)(=O)N3CCCC3)ccc21)N1CCC2(CC1)OCCO2. The van der Waals surface area contributed by atoms with Gasteiger partial charge in [-0.1, -0.05) is 0 Å². The molecule has 3 saturated heterocycles. The van der Waals surface area contributed by atoms with Crippen LogP contribution in [0, 0.1) is 0 Å². The van der Waals surface area contributed by atoms with Crippen molar-refractivity contribution in [1.82, 2.24) is 13.8 Å². The Hall–Kier alpha value is -2.27. The quantitative estimate of drug-likeness (QED) is 0.678. The largest absolute Gasteiger partial charge is 0.347 e. The Bertz CT molecular complexity index is 1190. The number of rotatable bonds is 4. The fourth-order valence-corrected chi connectivity index (χ4v) is 6.35. The molecule has 9 nitrogen and oxygen atoms in total. The lowest BCUT2D eigenvalue weighted by molar-refractivity contribution is -0.187. The summed E-state index contributed by atoms with van der Waals surface area (Å²) in [6, 6.07) is 7.73. The molecule has 0 saturated carbocycles. The molecule has 0 unspecified atom stereocenters. The van der Waals surface area contributed by atoms with Crippen LogP contribution in [0.2, 0.25) is 0 Å². The molecule has 32 heavy (non-hydrogen) atoms. The summed E-state index contributed by atoms with van der Waals surface area (Å²) in [5, 5.41) is 0.614. The predicted molar refractivity (Wildman–Crippen MR) is 117 cm³/mol. The maximum Gasteiger partial charge on any atom is 0.251 e. The molecule has 3 aliphatic rings. The van der Waals surface area contributed by atoms with Crippen LogP contribution in [0.5, 0.6) is 0 Å². The highest BCUT2D eigenvalue weighted by atomic mass is 32.2. The van der Waals surface area contributed by atoms with Gasteiger partial charge in [-0.05, 0) is 42.5 Å². The van der Waals surface area contributed by atoms with Gasteiger partial charge in [0.1, 0.15) is 6.54 Å². The average Bonchev–Trinajstić information content (AvgIpc) is 3.49. The highest BCUT2D eigenvalue weighted by molar-refractivity contribution is 7.89. The summed E-state index contributed by atoms with van der Waals surface area (Å²) in [6.45, 7) is 3.14. The zero-order chi connectivity index (χ0) is 22.3. The molecule has 2 aromatic rings. The van der Waals surface area contributed by atoms with E-state index in [1.54, 1.807) is 23.1 Å². The molecule has 0 bridgehead atoms. The van der Waals surface area contributed by atoms with Crippen molar-refractivity contribution < 1.29 is 22.7 Å². The van der Waals surface area contributed by atoms with Crippen molar-refractivity contribution in [3.05, 3.63) is 40.7 Å². The van der Waals surface area contributed by atoms with E-state index in [4.69, 9.17) is 9.47 Å². The van der Waals surface area contributed by atoms with Crippen molar-refractivity contribution in [3.63, 3.8) is 0 Å². The lowest BCUT2D eigenvalue weighted by atomic mass is 10.0. The van der Waals surface area contributed by atoms with E-state index in [9.17, 15) is 18.0 Å². The molecular formula is C22H27N3O6S. The van der Waals surface area contributed by atoms with Gasteiger partial charge in [0.25, 0.3) is 5.56 Å². The van der Waals surface area contributed by atoms with E-state index in [1.165, 1.54) is 21.0 Å². The van der Waals surface area contributed by atoms with E-state index in [-0.39, 0.29) is 22.9 Å². The molecule has 0 atom stereocenters. The summed E-state index contributed by atoms with van der Waals surface area (Å²) in [5.74, 6) is -0.717. The van der Waals surface area contributed by atoms with Crippen LogP contribution in [-0.4, -0.2) is 73.3 Å². The van der Waals surface area contributed by atoms with Crippen molar-refractivity contribution in [2.75, 3.05) is 39.4 Å². The molecule has 1 amide bonds. The highest BCUT2D eigenvalue weighted by Crippen LogP contribution is 2.31. The average molecular weight is 462 g/mol. The van der Waals surface area contributed by atoms with Gasteiger partial charge in [-0.25, -0.2) is 8.42 Å². The van der Waals surface area contributed by atoms with Gasteiger partial charge in [-0.2, -0.15) is 4.31 Å².